The molecule has 2 aromatic carbocycles. The zero-order valence-electron chi connectivity index (χ0n) is 17.7. The van der Waals surface area contributed by atoms with Gasteiger partial charge in [0, 0.05) is 32.7 Å². The summed E-state index contributed by atoms with van der Waals surface area (Å²) in [4.78, 5) is 0. The van der Waals surface area contributed by atoms with Crippen LogP contribution in [0.25, 0.3) is 0 Å². The second-order valence-corrected chi connectivity index (χ2v) is 11.2. The molecule has 0 aliphatic heterocycles. The lowest BCUT2D eigenvalue weighted by Gasteiger charge is -2.54. The first-order chi connectivity index (χ1) is 15.0. The van der Waals surface area contributed by atoms with Crippen LogP contribution in [0.5, 0.6) is 11.5 Å². The zero-order valence-corrected chi connectivity index (χ0v) is 20.8. The first-order valence-electron chi connectivity index (χ1n) is 11.2. The van der Waals surface area contributed by atoms with Gasteiger partial charge in [-0.05, 0) is 85.6 Å². The lowest BCUT2D eigenvalue weighted by Crippen LogP contribution is -2.54. The van der Waals surface area contributed by atoms with Crippen molar-refractivity contribution in [2.45, 2.75) is 51.3 Å². The number of halogens is 3. The van der Waals surface area contributed by atoms with Crippen molar-refractivity contribution >= 4 is 39.1 Å². The van der Waals surface area contributed by atoms with Crippen molar-refractivity contribution in [1.29, 1.82) is 0 Å². The SMILES string of the molecule is COc1cc(CNC2C3CC4CC(C3)CC2C4)c(Br)cc1OCc1ccc(Cl)cc1Cl. The van der Waals surface area contributed by atoms with Crippen LogP contribution in [-0.4, -0.2) is 13.2 Å². The van der Waals surface area contributed by atoms with Gasteiger partial charge in [-0.1, -0.05) is 45.2 Å². The molecule has 4 aliphatic rings. The highest BCUT2D eigenvalue weighted by Gasteiger charge is 2.47. The van der Waals surface area contributed by atoms with Gasteiger partial charge in [0.2, 0.25) is 0 Å². The molecule has 1 N–H and O–H groups in total. The van der Waals surface area contributed by atoms with Crippen LogP contribution in [0.4, 0.5) is 0 Å². The van der Waals surface area contributed by atoms with Gasteiger partial charge in [-0.15, -0.1) is 0 Å². The summed E-state index contributed by atoms with van der Waals surface area (Å²) < 4.78 is 12.7. The van der Waals surface area contributed by atoms with E-state index in [1.165, 1.54) is 37.7 Å². The van der Waals surface area contributed by atoms with Gasteiger partial charge in [-0.2, -0.15) is 0 Å². The molecule has 0 amide bonds. The van der Waals surface area contributed by atoms with Crippen LogP contribution in [0.15, 0.2) is 34.8 Å². The van der Waals surface area contributed by atoms with Crippen LogP contribution in [0, 0.1) is 23.7 Å². The Morgan fingerprint density at radius 2 is 1.65 bits per heavy atom. The first kappa shape index (κ1) is 21.9. The summed E-state index contributed by atoms with van der Waals surface area (Å²) >= 11 is 16.0. The van der Waals surface area contributed by atoms with E-state index in [0.29, 0.717) is 28.4 Å². The molecule has 4 fully saturated rings. The molecule has 0 heterocycles. The molecule has 0 spiro atoms. The number of benzene rings is 2. The predicted molar refractivity (Wildman–Crippen MR) is 129 cm³/mol. The summed E-state index contributed by atoms with van der Waals surface area (Å²) in [5.41, 5.74) is 2.08. The van der Waals surface area contributed by atoms with E-state index in [4.69, 9.17) is 32.7 Å². The molecule has 6 rings (SSSR count). The summed E-state index contributed by atoms with van der Waals surface area (Å²) in [5, 5.41) is 5.12. The van der Waals surface area contributed by atoms with Crippen LogP contribution >= 0.6 is 39.1 Å². The monoisotopic (exact) mass is 523 g/mol. The molecule has 31 heavy (non-hydrogen) atoms. The third-order valence-corrected chi connectivity index (χ3v) is 8.81. The van der Waals surface area contributed by atoms with Crippen LogP contribution in [-0.2, 0) is 13.2 Å². The number of methoxy groups -OCH3 is 1. The van der Waals surface area contributed by atoms with Gasteiger partial charge in [0.15, 0.2) is 11.5 Å². The molecule has 0 saturated heterocycles. The van der Waals surface area contributed by atoms with Crippen LogP contribution in [0.2, 0.25) is 10.0 Å². The van der Waals surface area contributed by atoms with Crippen LogP contribution < -0.4 is 14.8 Å². The molecule has 3 nitrogen and oxygen atoms in total. The molecule has 6 heteroatoms. The number of ether oxygens (including phenoxy) is 2. The van der Waals surface area contributed by atoms with Crippen molar-refractivity contribution in [3.8, 4) is 11.5 Å². The first-order valence-corrected chi connectivity index (χ1v) is 12.7. The summed E-state index contributed by atoms with van der Waals surface area (Å²) in [6.45, 7) is 1.19. The third-order valence-electron chi connectivity index (χ3n) is 7.49. The smallest absolute Gasteiger partial charge is 0.162 e. The molecular formula is C25H28BrCl2NO2. The Hall–Kier alpha value is -0.940. The molecule has 4 bridgehead atoms. The van der Waals surface area contributed by atoms with E-state index >= 15 is 0 Å². The Morgan fingerprint density at radius 3 is 2.29 bits per heavy atom. The number of hydrogen-bond donors (Lipinski definition) is 1. The molecule has 2 aromatic rings. The van der Waals surface area contributed by atoms with Crippen molar-refractivity contribution in [1.82, 2.24) is 5.32 Å². The van der Waals surface area contributed by atoms with Crippen molar-refractivity contribution < 1.29 is 9.47 Å². The summed E-state index contributed by atoms with van der Waals surface area (Å²) in [5.74, 6) is 5.15. The van der Waals surface area contributed by atoms with Crippen LogP contribution in [0.1, 0.15) is 43.2 Å². The summed E-state index contributed by atoms with van der Waals surface area (Å²) in [6.07, 6.45) is 7.19. The van der Waals surface area contributed by atoms with Gasteiger partial charge in [0.25, 0.3) is 0 Å². The second kappa shape index (κ2) is 9.13. The van der Waals surface area contributed by atoms with E-state index in [1.54, 1.807) is 13.2 Å². The van der Waals surface area contributed by atoms with E-state index in [2.05, 4.69) is 27.3 Å². The average molecular weight is 525 g/mol. The summed E-state index contributed by atoms with van der Waals surface area (Å²) in [6, 6.07) is 10.2. The molecule has 0 unspecified atom stereocenters. The molecule has 0 aromatic heterocycles. The minimum atomic E-state index is 0.351. The molecular weight excluding hydrogens is 497 g/mol. The highest BCUT2D eigenvalue weighted by atomic mass is 79.9. The number of nitrogens with one attached hydrogen (secondary N) is 1. The molecule has 4 saturated carbocycles. The second-order valence-electron chi connectivity index (χ2n) is 9.46. The van der Waals surface area contributed by atoms with Gasteiger partial charge >= 0.3 is 0 Å². The largest absolute Gasteiger partial charge is 0.493 e. The number of hydrogen-bond acceptors (Lipinski definition) is 3. The lowest BCUT2D eigenvalue weighted by molar-refractivity contribution is -0.0142. The Labute approximate surface area is 202 Å². The quantitative estimate of drug-likeness (QED) is 0.413. The predicted octanol–water partition coefficient (Wildman–Crippen LogP) is 7.26. The van der Waals surface area contributed by atoms with Gasteiger partial charge < -0.3 is 14.8 Å². The molecule has 0 atom stereocenters. The summed E-state index contributed by atoms with van der Waals surface area (Å²) in [7, 11) is 1.68. The van der Waals surface area contributed by atoms with Gasteiger partial charge in [0.1, 0.15) is 6.61 Å². The van der Waals surface area contributed by atoms with Gasteiger partial charge in [-0.25, -0.2) is 0 Å². The normalized spacial score (nSPS) is 28.7. The van der Waals surface area contributed by atoms with E-state index in [9.17, 15) is 0 Å². The van der Waals surface area contributed by atoms with Gasteiger partial charge in [0.05, 0.1) is 7.11 Å². The fourth-order valence-corrected chi connectivity index (χ4v) is 7.19. The van der Waals surface area contributed by atoms with Crippen molar-refractivity contribution in [3.63, 3.8) is 0 Å². The lowest BCUT2D eigenvalue weighted by atomic mass is 9.54. The van der Waals surface area contributed by atoms with Crippen LogP contribution in [0.3, 0.4) is 0 Å². The average Bonchev–Trinajstić information content (AvgIpc) is 2.73. The maximum atomic E-state index is 6.28. The topological polar surface area (TPSA) is 30.5 Å². The van der Waals surface area contributed by atoms with Gasteiger partial charge in [-0.3, -0.25) is 0 Å². The molecule has 4 aliphatic carbocycles. The Bertz CT molecular complexity index is 939. The van der Waals surface area contributed by atoms with E-state index in [0.717, 1.165) is 46.0 Å². The zero-order chi connectivity index (χ0) is 21.5. The fourth-order valence-electron chi connectivity index (χ4n) is 6.27. The molecule has 166 valence electrons. The van der Waals surface area contributed by atoms with E-state index < -0.39 is 0 Å². The standard InChI is InChI=1S/C25H28BrCl2NO2/c1-30-23-9-19(12-29-25-17-5-14-4-15(7-17)8-18(25)6-14)21(26)11-24(23)31-13-16-2-3-20(27)10-22(16)28/h2-3,9-11,14-15,17-18,25,29H,4-8,12-13H2,1H3. The fraction of sp³-hybridized carbons (Fsp3) is 0.520. The van der Waals surface area contributed by atoms with E-state index in [-0.39, 0.29) is 0 Å². The maximum absolute atomic E-state index is 6.28. The molecule has 0 radical (unpaired) electrons. The Morgan fingerprint density at radius 1 is 0.935 bits per heavy atom. The Balaban J connectivity index is 1.26. The minimum absolute atomic E-state index is 0.351. The third kappa shape index (κ3) is 4.59. The van der Waals surface area contributed by atoms with Crippen molar-refractivity contribution in [2.24, 2.45) is 23.7 Å². The maximum Gasteiger partial charge on any atom is 0.162 e. The highest BCUT2D eigenvalue weighted by Crippen LogP contribution is 2.53. The minimum Gasteiger partial charge on any atom is -0.493 e. The Kier molecular flexibility index (Phi) is 6.44. The number of rotatable bonds is 7. The highest BCUT2D eigenvalue weighted by molar-refractivity contribution is 9.10. The van der Waals surface area contributed by atoms with Crippen molar-refractivity contribution in [2.75, 3.05) is 7.11 Å². The van der Waals surface area contributed by atoms with E-state index in [1.807, 2.05) is 18.2 Å². The van der Waals surface area contributed by atoms with Crippen molar-refractivity contribution in [3.05, 3.63) is 56.0 Å².